The second-order valence-electron chi connectivity index (χ2n) is 9.73. The summed E-state index contributed by atoms with van der Waals surface area (Å²) in [5.41, 5.74) is 2.40. The molecule has 5 rings (SSSR count). The van der Waals surface area contributed by atoms with E-state index in [9.17, 15) is 17.2 Å². The van der Waals surface area contributed by atoms with Crippen molar-refractivity contribution in [2.75, 3.05) is 36.8 Å². The first-order valence-corrected chi connectivity index (χ1v) is 14.3. The van der Waals surface area contributed by atoms with Crippen molar-refractivity contribution in [1.29, 1.82) is 0 Å². The van der Waals surface area contributed by atoms with E-state index in [4.69, 9.17) is 4.74 Å². The van der Waals surface area contributed by atoms with Crippen LogP contribution in [0.5, 0.6) is 5.75 Å². The molecular formula is C29H29F2N5O3S. The summed E-state index contributed by atoms with van der Waals surface area (Å²) < 4.78 is 61.1. The first-order chi connectivity index (χ1) is 19.3. The van der Waals surface area contributed by atoms with Gasteiger partial charge in [-0.2, -0.15) is 0 Å². The monoisotopic (exact) mass is 565 g/mol. The lowest BCUT2D eigenvalue weighted by molar-refractivity contribution is 0.160. The lowest BCUT2D eigenvalue weighted by Gasteiger charge is -2.28. The number of likely N-dealkylation sites (tertiary alicyclic amines) is 1. The first kappa shape index (κ1) is 27.5. The van der Waals surface area contributed by atoms with Crippen LogP contribution in [0.4, 0.5) is 26.0 Å². The molecule has 1 saturated heterocycles. The largest absolute Gasteiger partial charge is 0.493 e. The Morgan fingerprint density at radius 2 is 1.57 bits per heavy atom. The number of piperidine rings is 1. The molecule has 2 N–H and O–H groups in total. The molecule has 11 heteroatoms. The maximum absolute atomic E-state index is 14.0. The fourth-order valence-electron chi connectivity index (χ4n) is 4.46. The van der Waals surface area contributed by atoms with Crippen LogP contribution in [-0.2, 0) is 10.0 Å². The number of rotatable bonds is 9. The SMILES string of the molecule is CN1CCC(COc2ccc(-c3cc(Nc4ccc(NS(=O)(=O)c5c(F)cccc5F)cc4)ncn3)cc2)CC1. The summed E-state index contributed by atoms with van der Waals surface area (Å²) in [4.78, 5) is 9.95. The molecule has 0 aliphatic carbocycles. The van der Waals surface area contributed by atoms with E-state index in [0.717, 1.165) is 67.7 Å². The van der Waals surface area contributed by atoms with Crippen molar-refractivity contribution in [2.45, 2.75) is 17.7 Å². The van der Waals surface area contributed by atoms with Crippen LogP contribution in [-0.4, -0.2) is 50.0 Å². The summed E-state index contributed by atoms with van der Waals surface area (Å²) >= 11 is 0. The molecule has 0 radical (unpaired) electrons. The van der Waals surface area contributed by atoms with E-state index in [1.54, 1.807) is 18.2 Å². The van der Waals surface area contributed by atoms with Gasteiger partial charge in [-0.1, -0.05) is 6.07 Å². The van der Waals surface area contributed by atoms with E-state index in [0.29, 0.717) is 17.4 Å². The molecular weight excluding hydrogens is 536 g/mol. The summed E-state index contributed by atoms with van der Waals surface area (Å²) in [6, 6.07) is 18.7. The van der Waals surface area contributed by atoms with Crippen molar-refractivity contribution in [2.24, 2.45) is 5.92 Å². The molecule has 0 saturated carbocycles. The summed E-state index contributed by atoms with van der Waals surface area (Å²) in [5, 5.41) is 3.15. The van der Waals surface area contributed by atoms with Gasteiger partial charge in [0.05, 0.1) is 12.3 Å². The van der Waals surface area contributed by atoms with Crippen molar-refractivity contribution in [3.05, 3.63) is 90.8 Å². The zero-order valence-corrected chi connectivity index (χ0v) is 22.7. The number of halogens is 2. The van der Waals surface area contributed by atoms with Crippen molar-refractivity contribution in [3.63, 3.8) is 0 Å². The zero-order chi connectivity index (χ0) is 28.1. The van der Waals surface area contributed by atoms with E-state index in [-0.39, 0.29) is 5.69 Å². The van der Waals surface area contributed by atoms with Crippen LogP contribution >= 0.6 is 0 Å². The van der Waals surface area contributed by atoms with Crippen LogP contribution in [0.2, 0.25) is 0 Å². The van der Waals surface area contributed by atoms with Crippen molar-refractivity contribution >= 4 is 27.2 Å². The van der Waals surface area contributed by atoms with Crippen LogP contribution in [0.1, 0.15) is 12.8 Å². The van der Waals surface area contributed by atoms with Crippen LogP contribution in [0, 0.1) is 17.6 Å². The molecule has 0 bridgehead atoms. The molecule has 0 spiro atoms. The van der Waals surface area contributed by atoms with Crippen LogP contribution in [0.25, 0.3) is 11.3 Å². The van der Waals surface area contributed by atoms with Crippen molar-refractivity contribution in [3.8, 4) is 17.0 Å². The fraction of sp³-hybridized carbons (Fsp3) is 0.241. The predicted octanol–water partition coefficient (Wildman–Crippen LogP) is 5.69. The highest BCUT2D eigenvalue weighted by Crippen LogP contribution is 2.26. The third-order valence-electron chi connectivity index (χ3n) is 6.74. The Hall–Kier alpha value is -4.09. The van der Waals surface area contributed by atoms with Crippen molar-refractivity contribution in [1.82, 2.24) is 14.9 Å². The Labute approximate surface area is 232 Å². The molecule has 40 heavy (non-hydrogen) atoms. The van der Waals surface area contributed by atoms with Crippen LogP contribution in [0.3, 0.4) is 0 Å². The van der Waals surface area contributed by atoms with Gasteiger partial charge in [0, 0.05) is 23.0 Å². The normalized spacial score (nSPS) is 14.6. The second-order valence-corrected chi connectivity index (χ2v) is 11.3. The maximum Gasteiger partial charge on any atom is 0.267 e. The van der Waals surface area contributed by atoms with Gasteiger partial charge in [-0.15, -0.1) is 0 Å². The minimum absolute atomic E-state index is 0.148. The molecule has 0 unspecified atom stereocenters. The van der Waals surface area contributed by atoms with Crippen LogP contribution in [0.15, 0.2) is 84.0 Å². The van der Waals surface area contributed by atoms with E-state index < -0.39 is 26.6 Å². The number of ether oxygens (including phenoxy) is 1. The summed E-state index contributed by atoms with van der Waals surface area (Å²) in [6.07, 6.45) is 3.75. The van der Waals surface area contributed by atoms with Gasteiger partial charge in [0.1, 0.15) is 29.5 Å². The smallest absolute Gasteiger partial charge is 0.267 e. The van der Waals surface area contributed by atoms with Gasteiger partial charge in [-0.25, -0.2) is 27.2 Å². The summed E-state index contributed by atoms with van der Waals surface area (Å²) in [5.74, 6) is -0.395. The quantitative estimate of drug-likeness (QED) is 0.269. The Morgan fingerprint density at radius 1 is 0.925 bits per heavy atom. The Morgan fingerprint density at radius 3 is 2.25 bits per heavy atom. The molecule has 0 amide bonds. The highest BCUT2D eigenvalue weighted by Gasteiger charge is 2.24. The molecule has 1 aliphatic rings. The van der Waals surface area contributed by atoms with Crippen LogP contribution < -0.4 is 14.8 Å². The molecule has 8 nitrogen and oxygen atoms in total. The average Bonchev–Trinajstić information content (AvgIpc) is 2.94. The van der Waals surface area contributed by atoms with E-state index in [1.165, 1.54) is 18.5 Å². The molecule has 3 aromatic carbocycles. The molecule has 4 aromatic rings. The minimum atomic E-state index is -4.45. The molecule has 2 heterocycles. The number of sulfonamides is 1. The lowest BCUT2D eigenvalue weighted by atomic mass is 9.98. The number of anilines is 3. The standard InChI is InChI=1S/C29H29F2N5O3S/c1-36-15-13-20(14-16-36)18-39-24-11-5-21(6-12-24)27-17-28(33-19-32-27)34-22-7-9-23(10-8-22)35-40(37,38)29-25(30)3-2-4-26(29)31/h2-12,17,19-20,35H,13-16,18H2,1H3,(H,32,33,34). The van der Waals surface area contributed by atoms with Gasteiger partial charge in [-0.3, -0.25) is 4.72 Å². The lowest BCUT2D eigenvalue weighted by Crippen LogP contribution is -2.32. The minimum Gasteiger partial charge on any atom is -0.493 e. The van der Waals surface area contributed by atoms with Gasteiger partial charge < -0.3 is 15.0 Å². The number of nitrogens with zero attached hydrogens (tertiary/aromatic N) is 3. The fourth-order valence-corrected chi connectivity index (χ4v) is 5.66. The molecule has 0 atom stereocenters. The van der Waals surface area contributed by atoms with Gasteiger partial charge in [-0.05, 0) is 99.6 Å². The first-order valence-electron chi connectivity index (χ1n) is 12.8. The zero-order valence-electron chi connectivity index (χ0n) is 21.8. The molecule has 1 fully saturated rings. The van der Waals surface area contributed by atoms with E-state index in [2.05, 4.69) is 32.0 Å². The second kappa shape index (κ2) is 12.0. The number of benzene rings is 3. The van der Waals surface area contributed by atoms with E-state index >= 15 is 0 Å². The molecule has 1 aliphatic heterocycles. The maximum atomic E-state index is 14.0. The average molecular weight is 566 g/mol. The topological polar surface area (TPSA) is 96.5 Å². The number of aromatic nitrogens is 2. The van der Waals surface area contributed by atoms with Gasteiger partial charge in [0.15, 0.2) is 4.90 Å². The molecule has 1 aromatic heterocycles. The Kier molecular flexibility index (Phi) is 8.22. The Balaban J connectivity index is 1.20. The summed E-state index contributed by atoms with van der Waals surface area (Å²) in [7, 11) is -2.30. The third kappa shape index (κ3) is 6.72. The van der Waals surface area contributed by atoms with Crippen molar-refractivity contribution < 1.29 is 21.9 Å². The summed E-state index contributed by atoms with van der Waals surface area (Å²) in [6.45, 7) is 2.93. The predicted molar refractivity (Wildman–Crippen MR) is 150 cm³/mol. The number of hydrogen-bond acceptors (Lipinski definition) is 7. The van der Waals surface area contributed by atoms with Gasteiger partial charge in [0.2, 0.25) is 0 Å². The highest BCUT2D eigenvalue weighted by atomic mass is 32.2. The number of hydrogen-bond donors (Lipinski definition) is 2. The van der Waals surface area contributed by atoms with Gasteiger partial charge >= 0.3 is 0 Å². The van der Waals surface area contributed by atoms with E-state index in [1.807, 2.05) is 24.3 Å². The number of nitrogens with one attached hydrogen (secondary N) is 2. The van der Waals surface area contributed by atoms with Gasteiger partial charge in [0.25, 0.3) is 10.0 Å². The Bertz CT molecular complexity index is 1540. The molecule has 208 valence electrons. The highest BCUT2D eigenvalue weighted by molar-refractivity contribution is 7.92. The third-order valence-corrected chi connectivity index (χ3v) is 8.17.